The van der Waals surface area contributed by atoms with Crippen LogP contribution in [-0.4, -0.2) is 46.9 Å². The average Bonchev–Trinajstić information content (AvgIpc) is 1.14. The van der Waals surface area contributed by atoms with Crippen molar-refractivity contribution in [1.29, 1.82) is 0 Å². The van der Waals surface area contributed by atoms with Gasteiger partial charge in [0.2, 0.25) is 0 Å². The molecule has 0 bridgehead atoms. The van der Waals surface area contributed by atoms with Crippen molar-refractivity contribution in [3.63, 3.8) is 0 Å². The van der Waals surface area contributed by atoms with Crippen LogP contribution in [-0.2, 0) is 13.4 Å². The molecule has 0 fully saturated rings. The summed E-state index contributed by atoms with van der Waals surface area (Å²) < 4.78 is 22.2. The minimum absolute atomic E-state index is 0. The van der Waals surface area contributed by atoms with Crippen molar-refractivity contribution in [2.45, 2.75) is 0 Å². The summed E-state index contributed by atoms with van der Waals surface area (Å²) in [5.74, 6) is 0. The molecule has 4 N–H and O–H groups in total. The normalized spacial score (nSPS) is 12.4. The Labute approximate surface area is 76.0 Å². The molecule has 2 radical (unpaired) electrons. The fourth-order valence-corrected chi connectivity index (χ4v) is 1.25. The predicted octanol–water partition coefficient (Wildman–Crippen LogP) is -1.73. The van der Waals surface area contributed by atoms with Gasteiger partial charge in [-0.3, -0.25) is 0 Å². The molecule has 0 aromatic rings. The van der Waals surface area contributed by atoms with Crippen LogP contribution in [0.15, 0.2) is 0 Å². The van der Waals surface area contributed by atoms with Gasteiger partial charge in [-0.05, 0) is 0 Å². The summed E-state index contributed by atoms with van der Waals surface area (Å²) in [4.78, 5) is 31.0. The van der Waals surface area contributed by atoms with Crippen molar-refractivity contribution in [2.24, 2.45) is 0 Å². The van der Waals surface area contributed by atoms with Crippen LogP contribution >= 0.6 is 15.6 Å². The van der Waals surface area contributed by atoms with E-state index in [-0.39, 0.29) is 27.3 Å². The molecular formula is H6O7P2Pb. The van der Waals surface area contributed by atoms with E-state index in [4.69, 9.17) is 19.6 Å². The Morgan fingerprint density at radius 3 is 1.10 bits per heavy atom. The topological polar surface area (TPSA) is 124 Å². The van der Waals surface area contributed by atoms with Gasteiger partial charge in [0.1, 0.15) is 0 Å². The molecule has 0 saturated heterocycles. The first kappa shape index (κ1) is 13.8. The minimum atomic E-state index is -5.05. The van der Waals surface area contributed by atoms with Crippen molar-refractivity contribution in [2.75, 3.05) is 0 Å². The molecule has 0 aliphatic carbocycles. The fourth-order valence-electron chi connectivity index (χ4n) is 0.139. The second-order valence-corrected chi connectivity index (χ2v) is 3.68. The van der Waals surface area contributed by atoms with Crippen LogP contribution < -0.4 is 0 Å². The summed E-state index contributed by atoms with van der Waals surface area (Å²) in [5.41, 5.74) is 0. The maximum atomic E-state index is 9.63. The third kappa shape index (κ3) is 11.9. The molecule has 0 aliphatic heterocycles. The van der Waals surface area contributed by atoms with Gasteiger partial charge in [-0.2, -0.15) is 4.31 Å². The van der Waals surface area contributed by atoms with E-state index in [0.717, 1.165) is 0 Å². The van der Waals surface area contributed by atoms with E-state index in [0.29, 0.717) is 0 Å². The summed E-state index contributed by atoms with van der Waals surface area (Å²) >= 11 is 0. The van der Waals surface area contributed by atoms with Crippen molar-refractivity contribution in [3.8, 4) is 0 Å². The van der Waals surface area contributed by atoms with Gasteiger partial charge < -0.3 is 19.6 Å². The zero-order chi connectivity index (χ0) is 7.71. The van der Waals surface area contributed by atoms with Crippen molar-refractivity contribution in [1.82, 2.24) is 0 Å². The quantitative estimate of drug-likeness (QED) is 0.328. The first-order valence-electron chi connectivity index (χ1n) is 1.53. The van der Waals surface area contributed by atoms with Crippen molar-refractivity contribution in [3.05, 3.63) is 0 Å². The molecule has 0 aromatic heterocycles. The molecule has 0 spiro atoms. The third-order valence-electron chi connectivity index (χ3n) is 0.213. The van der Waals surface area contributed by atoms with Gasteiger partial charge in [-0.15, -0.1) is 0 Å². The van der Waals surface area contributed by atoms with Crippen LogP contribution in [0.2, 0.25) is 0 Å². The molecule has 0 atom stereocenters. The van der Waals surface area contributed by atoms with Crippen LogP contribution in [0.5, 0.6) is 0 Å². The standard InChI is InChI=1S/H4O7P2.Pb.2H/c1-8(2,3)7-9(4,5)6;;;/h(H2,1,2,3)(H2,4,5,6);;;. The van der Waals surface area contributed by atoms with Crippen molar-refractivity contribution < 1.29 is 33.0 Å². The molecule has 7 nitrogen and oxygen atoms in total. The van der Waals surface area contributed by atoms with Crippen LogP contribution in [0.4, 0.5) is 0 Å². The molecular weight excluding hydrogens is 381 g/mol. The number of phosphoric acid groups is 2. The predicted molar refractivity (Wildman–Crippen MR) is 33.7 cm³/mol. The van der Waals surface area contributed by atoms with E-state index in [2.05, 4.69) is 4.31 Å². The van der Waals surface area contributed by atoms with Gasteiger partial charge in [0.25, 0.3) is 0 Å². The molecule has 62 valence electrons. The summed E-state index contributed by atoms with van der Waals surface area (Å²) in [6.07, 6.45) is 0. The van der Waals surface area contributed by atoms with E-state index >= 15 is 0 Å². The monoisotopic (exact) mass is 388 g/mol. The Hall–Kier alpha value is 1.18. The van der Waals surface area contributed by atoms with Gasteiger partial charge in [-0.1, -0.05) is 0 Å². The molecule has 0 heterocycles. The molecule has 0 amide bonds. The maximum absolute atomic E-state index is 9.63. The number of hydrogen-bond acceptors (Lipinski definition) is 3. The SMILES string of the molecule is O=P(O)(O)OP(=O)(O)O.[PbH2]. The summed E-state index contributed by atoms with van der Waals surface area (Å²) in [6, 6.07) is 0. The van der Waals surface area contributed by atoms with E-state index < -0.39 is 15.6 Å². The number of hydrogen-bond donors (Lipinski definition) is 4. The number of rotatable bonds is 2. The summed E-state index contributed by atoms with van der Waals surface area (Å²) in [7, 11) is -10.1. The van der Waals surface area contributed by atoms with Gasteiger partial charge >= 0.3 is 42.9 Å². The Morgan fingerprint density at radius 1 is 0.900 bits per heavy atom. The van der Waals surface area contributed by atoms with E-state index in [1.165, 1.54) is 0 Å². The second kappa shape index (κ2) is 4.27. The molecule has 0 unspecified atom stereocenters. The zero-order valence-electron chi connectivity index (χ0n) is 4.62. The van der Waals surface area contributed by atoms with Gasteiger partial charge in [-0.25, -0.2) is 9.13 Å². The van der Waals surface area contributed by atoms with Gasteiger partial charge in [0, 0.05) is 0 Å². The molecule has 0 saturated carbocycles. The average molecular weight is 387 g/mol. The summed E-state index contributed by atoms with van der Waals surface area (Å²) in [5, 5.41) is 0. The van der Waals surface area contributed by atoms with Crippen LogP contribution in [0, 0.1) is 0 Å². The molecule has 0 aliphatic rings. The first-order chi connectivity index (χ1) is 3.71. The van der Waals surface area contributed by atoms with E-state index in [1.807, 2.05) is 0 Å². The van der Waals surface area contributed by atoms with Crippen molar-refractivity contribution >= 4 is 42.9 Å². The molecule has 0 rings (SSSR count). The Kier molecular flexibility index (Phi) is 5.87. The Bertz CT molecular complexity index is 152. The van der Waals surface area contributed by atoms with Gasteiger partial charge in [0.15, 0.2) is 0 Å². The summed E-state index contributed by atoms with van der Waals surface area (Å²) in [6.45, 7) is 0. The van der Waals surface area contributed by atoms with Crippen LogP contribution in [0.25, 0.3) is 0 Å². The van der Waals surface area contributed by atoms with Gasteiger partial charge in [0.05, 0.1) is 0 Å². The Balaban J connectivity index is 0. The molecule has 10 heavy (non-hydrogen) atoms. The third-order valence-corrected chi connectivity index (χ3v) is 1.91. The fraction of sp³-hybridized carbons (Fsp3) is 0. The van der Waals surface area contributed by atoms with Crippen LogP contribution in [0.3, 0.4) is 0 Å². The zero-order valence-corrected chi connectivity index (χ0v) is 11.9. The Morgan fingerprint density at radius 2 is 1.10 bits per heavy atom. The van der Waals surface area contributed by atoms with E-state index in [1.54, 1.807) is 0 Å². The first-order valence-corrected chi connectivity index (χ1v) is 4.59. The van der Waals surface area contributed by atoms with Crippen LogP contribution in [0.1, 0.15) is 0 Å². The molecule has 10 heteroatoms. The molecule has 0 aromatic carbocycles. The second-order valence-electron chi connectivity index (χ2n) is 1.06. The van der Waals surface area contributed by atoms with E-state index in [9.17, 15) is 9.13 Å².